The summed E-state index contributed by atoms with van der Waals surface area (Å²) < 4.78 is 0. The maximum atomic E-state index is 9.39. The Morgan fingerprint density at radius 1 is 1.26 bits per heavy atom. The summed E-state index contributed by atoms with van der Waals surface area (Å²) in [6.45, 7) is 2.61. The molecule has 0 saturated carbocycles. The molecule has 4 heteroatoms. The summed E-state index contributed by atoms with van der Waals surface area (Å²) in [5.74, 6) is 0. The number of aryl methyl sites for hydroxylation is 1. The number of aromatic nitrogens is 1. The average Bonchev–Trinajstić information content (AvgIpc) is 2.41. The highest BCUT2D eigenvalue weighted by atomic mass is 35.5. The molecule has 2 aromatic rings. The SMILES string of the molecule is Cc1cc(N(C)Cc2ccccc2Cl)c(CO)cn1. The van der Waals surface area contributed by atoms with E-state index in [2.05, 4.69) is 9.88 Å². The van der Waals surface area contributed by atoms with Crippen LogP contribution >= 0.6 is 11.6 Å². The second-order valence-electron chi connectivity index (χ2n) is 4.56. The summed E-state index contributed by atoms with van der Waals surface area (Å²) in [6.07, 6.45) is 1.72. The van der Waals surface area contributed by atoms with Crippen molar-refractivity contribution >= 4 is 17.3 Å². The minimum Gasteiger partial charge on any atom is -0.392 e. The van der Waals surface area contributed by atoms with Gasteiger partial charge in [0.15, 0.2) is 0 Å². The van der Waals surface area contributed by atoms with Gasteiger partial charge in [0, 0.05) is 41.8 Å². The smallest absolute Gasteiger partial charge is 0.0717 e. The van der Waals surface area contributed by atoms with Gasteiger partial charge in [-0.1, -0.05) is 29.8 Å². The number of nitrogens with zero attached hydrogens (tertiary/aromatic N) is 2. The lowest BCUT2D eigenvalue weighted by atomic mass is 10.1. The maximum absolute atomic E-state index is 9.39. The van der Waals surface area contributed by atoms with Crippen molar-refractivity contribution in [2.24, 2.45) is 0 Å². The first-order valence-electron chi connectivity index (χ1n) is 6.12. The molecule has 0 saturated heterocycles. The predicted octanol–water partition coefficient (Wildman–Crippen LogP) is 3.17. The van der Waals surface area contributed by atoms with Crippen molar-refractivity contribution in [3.8, 4) is 0 Å². The first-order chi connectivity index (χ1) is 9.11. The van der Waals surface area contributed by atoms with E-state index in [9.17, 15) is 5.11 Å². The van der Waals surface area contributed by atoms with Gasteiger partial charge in [0.1, 0.15) is 0 Å². The lowest BCUT2D eigenvalue weighted by Gasteiger charge is -2.22. The van der Waals surface area contributed by atoms with E-state index < -0.39 is 0 Å². The predicted molar refractivity (Wildman–Crippen MR) is 78.5 cm³/mol. The van der Waals surface area contributed by atoms with Crippen LogP contribution in [0.4, 0.5) is 5.69 Å². The van der Waals surface area contributed by atoms with E-state index in [-0.39, 0.29) is 6.61 Å². The fourth-order valence-electron chi connectivity index (χ4n) is 2.02. The zero-order valence-corrected chi connectivity index (χ0v) is 11.9. The highest BCUT2D eigenvalue weighted by Gasteiger charge is 2.10. The van der Waals surface area contributed by atoms with Crippen LogP contribution in [-0.2, 0) is 13.2 Å². The van der Waals surface area contributed by atoms with E-state index in [1.54, 1.807) is 6.20 Å². The van der Waals surface area contributed by atoms with Crippen molar-refractivity contribution in [3.63, 3.8) is 0 Å². The van der Waals surface area contributed by atoms with Gasteiger partial charge < -0.3 is 10.0 Å². The molecule has 0 fully saturated rings. The summed E-state index contributed by atoms with van der Waals surface area (Å²) in [4.78, 5) is 6.28. The van der Waals surface area contributed by atoms with Crippen LogP contribution in [0.15, 0.2) is 36.5 Å². The molecule has 1 N–H and O–H groups in total. The molecule has 1 aromatic carbocycles. The van der Waals surface area contributed by atoms with E-state index in [1.807, 2.05) is 44.3 Å². The monoisotopic (exact) mass is 276 g/mol. The fraction of sp³-hybridized carbons (Fsp3) is 0.267. The van der Waals surface area contributed by atoms with E-state index in [1.165, 1.54) is 0 Å². The van der Waals surface area contributed by atoms with Crippen LogP contribution < -0.4 is 4.90 Å². The number of hydrogen-bond donors (Lipinski definition) is 1. The lowest BCUT2D eigenvalue weighted by Crippen LogP contribution is -2.18. The molecule has 0 unspecified atom stereocenters. The molecule has 3 nitrogen and oxygen atoms in total. The summed E-state index contributed by atoms with van der Waals surface area (Å²) in [5, 5.41) is 10.1. The van der Waals surface area contributed by atoms with Gasteiger partial charge in [-0.3, -0.25) is 4.98 Å². The van der Waals surface area contributed by atoms with Gasteiger partial charge in [-0.25, -0.2) is 0 Å². The normalized spacial score (nSPS) is 10.5. The largest absolute Gasteiger partial charge is 0.392 e. The van der Waals surface area contributed by atoms with E-state index in [0.717, 1.165) is 27.5 Å². The van der Waals surface area contributed by atoms with Crippen LogP contribution in [0, 0.1) is 6.92 Å². The molecule has 1 aromatic heterocycles. The lowest BCUT2D eigenvalue weighted by molar-refractivity contribution is 0.281. The van der Waals surface area contributed by atoms with Crippen LogP contribution in [0.5, 0.6) is 0 Å². The molecule has 0 aliphatic heterocycles. The number of anilines is 1. The Morgan fingerprint density at radius 2 is 2.00 bits per heavy atom. The fourth-order valence-corrected chi connectivity index (χ4v) is 2.21. The van der Waals surface area contributed by atoms with Gasteiger partial charge in [0.2, 0.25) is 0 Å². The second kappa shape index (κ2) is 6.04. The molecule has 100 valence electrons. The minimum atomic E-state index is -0.0184. The summed E-state index contributed by atoms with van der Waals surface area (Å²) in [7, 11) is 1.98. The molecule has 0 bridgehead atoms. The molecule has 0 spiro atoms. The molecule has 0 aliphatic rings. The minimum absolute atomic E-state index is 0.0184. The number of rotatable bonds is 4. The van der Waals surface area contributed by atoms with Crippen molar-refractivity contribution in [3.05, 3.63) is 58.4 Å². The highest BCUT2D eigenvalue weighted by Crippen LogP contribution is 2.24. The van der Waals surface area contributed by atoms with Gasteiger partial charge >= 0.3 is 0 Å². The first kappa shape index (κ1) is 13.8. The Hall–Kier alpha value is -1.58. The molecular weight excluding hydrogens is 260 g/mol. The number of benzene rings is 1. The summed E-state index contributed by atoms with van der Waals surface area (Å²) >= 11 is 6.17. The molecule has 19 heavy (non-hydrogen) atoms. The van der Waals surface area contributed by atoms with Gasteiger partial charge in [0.05, 0.1) is 6.61 Å². The quantitative estimate of drug-likeness (QED) is 0.932. The zero-order chi connectivity index (χ0) is 13.8. The summed E-state index contributed by atoms with van der Waals surface area (Å²) in [5.41, 5.74) is 3.79. The summed E-state index contributed by atoms with van der Waals surface area (Å²) in [6, 6.07) is 9.75. The third kappa shape index (κ3) is 3.25. The molecule has 0 amide bonds. The van der Waals surface area contributed by atoms with Crippen molar-refractivity contribution in [2.75, 3.05) is 11.9 Å². The van der Waals surface area contributed by atoms with Crippen LogP contribution in [0.3, 0.4) is 0 Å². The van der Waals surface area contributed by atoms with Crippen molar-refractivity contribution < 1.29 is 5.11 Å². The van der Waals surface area contributed by atoms with E-state index >= 15 is 0 Å². The molecule has 1 heterocycles. The number of aliphatic hydroxyl groups is 1. The zero-order valence-electron chi connectivity index (χ0n) is 11.1. The Labute approximate surface area is 118 Å². The van der Waals surface area contributed by atoms with E-state index in [0.29, 0.717) is 6.54 Å². The Balaban J connectivity index is 2.27. The Kier molecular flexibility index (Phi) is 4.40. The van der Waals surface area contributed by atoms with Gasteiger partial charge in [-0.2, -0.15) is 0 Å². The van der Waals surface area contributed by atoms with Crippen LogP contribution in [-0.4, -0.2) is 17.1 Å². The number of aliphatic hydroxyl groups excluding tert-OH is 1. The molecular formula is C15H17ClN2O. The highest BCUT2D eigenvalue weighted by molar-refractivity contribution is 6.31. The van der Waals surface area contributed by atoms with Crippen molar-refractivity contribution in [1.29, 1.82) is 0 Å². The molecule has 0 atom stereocenters. The molecule has 0 radical (unpaired) electrons. The van der Waals surface area contributed by atoms with E-state index in [4.69, 9.17) is 11.6 Å². The van der Waals surface area contributed by atoms with Crippen molar-refractivity contribution in [2.45, 2.75) is 20.1 Å². The average molecular weight is 277 g/mol. The van der Waals surface area contributed by atoms with Gasteiger partial charge in [-0.15, -0.1) is 0 Å². The molecule has 2 rings (SSSR count). The Morgan fingerprint density at radius 3 is 2.68 bits per heavy atom. The van der Waals surface area contributed by atoms with Crippen LogP contribution in [0.1, 0.15) is 16.8 Å². The second-order valence-corrected chi connectivity index (χ2v) is 4.97. The number of hydrogen-bond acceptors (Lipinski definition) is 3. The third-order valence-corrected chi connectivity index (χ3v) is 3.41. The maximum Gasteiger partial charge on any atom is 0.0717 e. The standard InChI is InChI=1S/C15H17ClN2O/c1-11-7-15(13(10-19)8-17-11)18(2)9-12-5-3-4-6-14(12)16/h3-8,19H,9-10H2,1-2H3. The van der Waals surface area contributed by atoms with Crippen LogP contribution in [0.2, 0.25) is 5.02 Å². The number of halogens is 1. The third-order valence-electron chi connectivity index (χ3n) is 3.05. The Bertz CT molecular complexity index is 572. The van der Waals surface area contributed by atoms with Gasteiger partial charge in [-0.05, 0) is 24.6 Å². The number of pyridine rings is 1. The van der Waals surface area contributed by atoms with Gasteiger partial charge in [0.25, 0.3) is 0 Å². The van der Waals surface area contributed by atoms with Crippen molar-refractivity contribution in [1.82, 2.24) is 4.98 Å². The first-order valence-corrected chi connectivity index (χ1v) is 6.50. The topological polar surface area (TPSA) is 36.4 Å². The van der Waals surface area contributed by atoms with Crippen LogP contribution in [0.25, 0.3) is 0 Å². The molecule has 0 aliphatic carbocycles.